The normalized spacial score (nSPS) is 18.8. The largest absolute Gasteiger partial charge is 0.492 e. The first kappa shape index (κ1) is 19.6. The Morgan fingerprint density at radius 1 is 1.16 bits per heavy atom. The van der Waals surface area contributed by atoms with Crippen molar-refractivity contribution in [3.63, 3.8) is 0 Å². The van der Waals surface area contributed by atoms with Crippen molar-refractivity contribution >= 4 is 5.96 Å². The molecule has 2 N–H and O–H groups in total. The zero-order chi connectivity index (χ0) is 17.7. The fraction of sp³-hybridized carbons (Fsp3) is 0.650. The highest BCUT2D eigenvalue weighted by atomic mass is 16.5. The van der Waals surface area contributed by atoms with Crippen molar-refractivity contribution in [3.05, 3.63) is 30.3 Å². The molecule has 0 saturated carbocycles. The monoisotopic (exact) mass is 346 g/mol. The van der Waals surface area contributed by atoms with Gasteiger partial charge in [-0.1, -0.05) is 24.6 Å². The SMILES string of the molecule is CN=C(NCCCCN1CCCCC1C)NCCOc1ccccc1. The molecule has 0 spiro atoms. The number of ether oxygens (including phenoxy) is 1. The van der Waals surface area contributed by atoms with Crippen molar-refractivity contribution in [2.75, 3.05) is 39.8 Å². The van der Waals surface area contributed by atoms with E-state index in [4.69, 9.17) is 4.74 Å². The van der Waals surface area contributed by atoms with Gasteiger partial charge in [0.25, 0.3) is 0 Å². The van der Waals surface area contributed by atoms with E-state index in [-0.39, 0.29) is 0 Å². The highest BCUT2D eigenvalue weighted by Gasteiger charge is 2.16. The Morgan fingerprint density at radius 3 is 2.72 bits per heavy atom. The molecule has 0 radical (unpaired) electrons. The molecule has 1 unspecified atom stereocenters. The third kappa shape index (κ3) is 7.78. The number of unbranched alkanes of at least 4 members (excludes halogenated alkanes) is 1. The lowest BCUT2D eigenvalue weighted by Crippen LogP contribution is -2.40. The minimum atomic E-state index is 0.623. The van der Waals surface area contributed by atoms with Crippen LogP contribution in [0.15, 0.2) is 35.3 Å². The molecule has 5 heteroatoms. The van der Waals surface area contributed by atoms with Gasteiger partial charge in [-0.15, -0.1) is 0 Å². The first-order chi connectivity index (χ1) is 12.3. The molecule has 1 aromatic carbocycles. The fourth-order valence-corrected chi connectivity index (χ4v) is 3.21. The quantitative estimate of drug-likeness (QED) is 0.410. The first-order valence-corrected chi connectivity index (χ1v) is 9.66. The fourth-order valence-electron chi connectivity index (χ4n) is 3.21. The van der Waals surface area contributed by atoms with E-state index in [9.17, 15) is 0 Å². The van der Waals surface area contributed by atoms with E-state index in [1.807, 2.05) is 37.4 Å². The second-order valence-electron chi connectivity index (χ2n) is 6.68. The van der Waals surface area contributed by atoms with Gasteiger partial charge in [0.1, 0.15) is 12.4 Å². The summed E-state index contributed by atoms with van der Waals surface area (Å²) < 4.78 is 5.67. The Labute approximate surface area is 152 Å². The van der Waals surface area contributed by atoms with Crippen LogP contribution in [0.3, 0.4) is 0 Å². The van der Waals surface area contributed by atoms with E-state index in [2.05, 4.69) is 27.4 Å². The third-order valence-corrected chi connectivity index (χ3v) is 4.74. The molecule has 0 bridgehead atoms. The van der Waals surface area contributed by atoms with E-state index in [1.54, 1.807) is 0 Å². The number of hydrogen-bond acceptors (Lipinski definition) is 3. The lowest BCUT2D eigenvalue weighted by atomic mass is 10.0. The van der Waals surface area contributed by atoms with Crippen LogP contribution in [0.1, 0.15) is 39.0 Å². The molecule has 1 aliphatic heterocycles. The second-order valence-corrected chi connectivity index (χ2v) is 6.68. The second kappa shape index (κ2) is 11.7. The maximum absolute atomic E-state index is 5.67. The standard InChI is InChI=1S/C20H34N4O/c1-18-10-6-8-15-24(18)16-9-7-13-22-20(21-2)23-14-17-25-19-11-4-3-5-12-19/h3-5,11-12,18H,6-10,13-17H2,1-2H3,(H2,21,22,23). The molecule has 140 valence electrons. The van der Waals surface area contributed by atoms with Crippen molar-refractivity contribution in [2.24, 2.45) is 4.99 Å². The van der Waals surface area contributed by atoms with Gasteiger partial charge in [0.05, 0.1) is 6.54 Å². The maximum Gasteiger partial charge on any atom is 0.191 e. The summed E-state index contributed by atoms with van der Waals surface area (Å²) in [5.74, 6) is 1.75. The molecule has 0 aliphatic carbocycles. The Hall–Kier alpha value is -1.75. The molecular weight excluding hydrogens is 312 g/mol. The van der Waals surface area contributed by atoms with Crippen molar-refractivity contribution < 1.29 is 4.74 Å². The van der Waals surface area contributed by atoms with Crippen molar-refractivity contribution in [3.8, 4) is 5.75 Å². The molecule has 1 fully saturated rings. The Kier molecular flexibility index (Phi) is 9.19. The molecular formula is C20H34N4O. The maximum atomic E-state index is 5.67. The third-order valence-electron chi connectivity index (χ3n) is 4.74. The molecule has 1 atom stereocenters. The van der Waals surface area contributed by atoms with Crippen LogP contribution < -0.4 is 15.4 Å². The zero-order valence-corrected chi connectivity index (χ0v) is 15.8. The summed E-state index contributed by atoms with van der Waals surface area (Å²) in [5, 5.41) is 6.67. The van der Waals surface area contributed by atoms with Gasteiger partial charge < -0.3 is 20.3 Å². The van der Waals surface area contributed by atoms with Crippen LogP contribution in [-0.4, -0.2) is 56.7 Å². The number of benzene rings is 1. The number of guanidine groups is 1. The molecule has 1 aliphatic rings. The van der Waals surface area contributed by atoms with Gasteiger partial charge in [-0.3, -0.25) is 4.99 Å². The number of aliphatic imine (C=N–C) groups is 1. The lowest BCUT2D eigenvalue weighted by Gasteiger charge is -2.33. The average molecular weight is 347 g/mol. The molecule has 1 aromatic rings. The summed E-state index contributed by atoms with van der Waals surface area (Å²) in [6.45, 7) is 7.18. The van der Waals surface area contributed by atoms with Crippen LogP contribution in [0.25, 0.3) is 0 Å². The molecule has 25 heavy (non-hydrogen) atoms. The Morgan fingerprint density at radius 2 is 1.96 bits per heavy atom. The summed E-state index contributed by atoms with van der Waals surface area (Å²) in [6.07, 6.45) is 6.54. The van der Waals surface area contributed by atoms with Gasteiger partial charge in [-0.2, -0.15) is 0 Å². The van der Waals surface area contributed by atoms with Gasteiger partial charge >= 0.3 is 0 Å². The van der Waals surface area contributed by atoms with Crippen LogP contribution in [0.5, 0.6) is 5.75 Å². The topological polar surface area (TPSA) is 48.9 Å². The number of likely N-dealkylation sites (tertiary alicyclic amines) is 1. The predicted molar refractivity (Wildman–Crippen MR) is 105 cm³/mol. The van der Waals surface area contributed by atoms with Crippen LogP contribution >= 0.6 is 0 Å². The van der Waals surface area contributed by atoms with Gasteiger partial charge in [0.2, 0.25) is 0 Å². The van der Waals surface area contributed by atoms with Crippen LogP contribution in [0.2, 0.25) is 0 Å². The predicted octanol–water partition coefficient (Wildman–Crippen LogP) is 2.89. The number of nitrogens with one attached hydrogen (secondary N) is 2. The van der Waals surface area contributed by atoms with Crippen LogP contribution in [-0.2, 0) is 0 Å². The molecule has 0 aromatic heterocycles. The van der Waals surface area contributed by atoms with E-state index in [0.29, 0.717) is 6.61 Å². The number of para-hydroxylation sites is 1. The van der Waals surface area contributed by atoms with E-state index >= 15 is 0 Å². The molecule has 2 rings (SSSR count). The first-order valence-electron chi connectivity index (χ1n) is 9.66. The zero-order valence-electron chi connectivity index (χ0n) is 15.8. The van der Waals surface area contributed by atoms with Crippen molar-refractivity contribution in [1.82, 2.24) is 15.5 Å². The van der Waals surface area contributed by atoms with Gasteiger partial charge in [-0.05, 0) is 57.8 Å². The van der Waals surface area contributed by atoms with Gasteiger partial charge in [-0.25, -0.2) is 0 Å². The van der Waals surface area contributed by atoms with Gasteiger partial charge in [0.15, 0.2) is 5.96 Å². The van der Waals surface area contributed by atoms with Crippen molar-refractivity contribution in [2.45, 2.75) is 45.1 Å². The van der Waals surface area contributed by atoms with E-state index < -0.39 is 0 Å². The minimum absolute atomic E-state index is 0.623. The smallest absolute Gasteiger partial charge is 0.191 e. The highest BCUT2D eigenvalue weighted by molar-refractivity contribution is 5.79. The molecule has 0 amide bonds. The van der Waals surface area contributed by atoms with Gasteiger partial charge in [0, 0.05) is 19.6 Å². The minimum Gasteiger partial charge on any atom is -0.492 e. The van der Waals surface area contributed by atoms with E-state index in [0.717, 1.165) is 30.8 Å². The van der Waals surface area contributed by atoms with Crippen LogP contribution in [0.4, 0.5) is 0 Å². The number of nitrogens with zero attached hydrogens (tertiary/aromatic N) is 2. The van der Waals surface area contributed by atoms with E-state index in [1.165, 1.54) is 45.2 Å². The highest BCUT2D eigenvalue weighted by Crippen LogP contribution is 2.16. The number of hydrogen-bond donors (Lipinski definition) is 2. The summed E-state index contributed by atoms with van der Waals surface area (Å²) >= 11 is 0. The number of rotatable bonds is 9. The van der Waals surface area contributed by atoms with Crippen LogP contribution in [0, 0.1) is 0 Å². The summed E-state index contributed by atoms with van der Waals surface area (Å²) in [4.78, 5) is 6.90. The van der Waals surface area contributed by atoms with Crippen molar-refractivity contribution in [1.29, 1.82) is 0 Å². The molecule has 1 heterocycles. The summed E-state index contributed by atoms with van der Waals surface area (Å²) in [6, 6.07) is 10.7. The summed E-state index contributed by atoms with van der Waals surface area (Å²) in [7, 11) is 1.81. The average Bonchev–Trinajstić information content (AvgIpc) is 2.65. The molecule has 1 saturated heterocycles. The lowest BCUT2D eigenvalue weighted by molar-refractivity contribution is 0.158. The Bertz CT molecular complexity index is 492. The molecule has 5 nitrogen and oxygen atoms in total. The number of piperidine rings is 1. The summed E-state index contributed by atoms with van der Waals surface area (Å²) in [5.41, 5.74) is 0. The Balaban J connectivity index is 1.50.